The van der Waals surface area contributed by atoms with E-state index in [1.165, 1.54) is 4.90 Å². The Morgan fingerprint density at radius 3 is 2.35 bits per heavy atom. The second-order valence-electron chi connectivity index (χ2n) is 8.06. The Morgan fingerprint density at radius 1 is 1.05 bits per heavy atom. The summed E-state index contributed by atoms with van der Waals surface area (Å²) in [5.74, 6) is -0.374. The van der Waals surface area contributed by atoms with E-state index in [0.717, 1.165) is 36.2 Å². The van der Waals surface area contributed by atoms with Crippen LogP contribution >= 0.6 is 24.0 Å². The number of ether oxygens (including phenoxy) is 2. The molecule has 37 heavy (non-hydrogen) atoms. The number of amides is 2. The van der Waals surface area contributed by atoms with Gasteiger partial charge in [0.05, 0.1) is 17.1 Å². The molecule has 1 aliphatic rings. The van der Waals surface area contributed by atoms with Crippen molar-refractivity contribution in [2.45, 2.75) is 20.8 Å². The molecule has 1 saturated heterocycles. The van der Waals surface area contributed by atoms with Crippen LogP contribution in [0.3, 0.4) is 0 Å². The van der Waals surface area contributed by atoms with Gasteiger partial charge in [0, 0.05) is 12.2 Å². The molecule has 0 atom stereocenters. The second-order valence-corrected chi connectivity index (χ2v) is 9.73. The predicted molar refractivity (Wildman–Crippen MR) is 151 cm³/mol. The summed E-state index contributed by atoms with van der Waals surface area (Å²) in [5.41, 5.74) is 1.73. The van der Waals surface area contributed by atoms with Crippen molar-refractivity contribution in [3.63, 3.8) is 0 Å². The lowest BCUT2D eigenvalue weighted by atomic mass is 10.2. The lowest BCUT2D eigenvalue weighted by Crippen LogP contribution is -2.36. The fourth-order valence-corrected chi connectivity index (χ4v) is 4.79. The van der Waals surface area contributed by atoms with E-state index in [9.17, 15) is 14.4 Å². The Labute approximate surface area is 227 Å². The number of anilines is 1. The van der Waals surface area contributed by atoms with Crippen LogP contribution in [-0.2, 0) is 14.3 Å². The molecule has 196 valence electrons. The van der Waals surface area contributed by atoms with Crippen molar-refractivity contribution in [3.8, 4) is 5.75 Å². The molecule has 0 radical (unpaired) electrons. The van der Waals surface area contributed by atoms with Crippen LogP contribution in [0.1, 0.15) is 36.7 Å². The number of thiocarbonyl (C=S) groups is 1. The fraction of sp³-hybridized carbons (Fsp3) is 0.333. The third kappa shape index (κ3) is 8.14. The van der Waals surface area contributed by atoms with Crippen LogP contribution < -0.4 is 10.1 Å². The van der Waals surface area contributed by atoms with E-state index in [1.54, 1.807) is 30.3 Å². The summed E-state index contributed by atoms with van der Waals surface area (Å²) in [6.07, 6.45) is 1.74. The molecule has 2 aromatic carbocycles. The summed E-state index contributed by atoms with van der Waals surface area (Å²) < 4.78 is 11.1. The maximum absolute atomic E-state index is 12.9. The first-order chi connectivity index (χ1) is 17.8. The number of thioether (sulfide) groups is 1. The van der Waals surface area contributed by atoms with Crippen molar-refractivity contribution in [2.24, 2.45) is 0 Å². The monoisotopic (exact) mass is 541 g/mol. The highest BCUT2D eigenvalue weighted by molar-refractivity contribution is 8.26. The van der Waals surface area contributed by atoms with E-state index < -0.39 is 11.9 Å². The Kier molecular flexibility index (Phi) is 10.7. The van der Waals surface area contributed by atoms with Gasteiger partial charge in [-0.2, -0.15) is 0 Å². The molecule has 0 aromatic heterocycles. The average Bonchev–Trinajstić information content (AvgIpc) is 3.15. The number of hydrogen-bond acceptors (Lipinski definition) is 8. The zero-order valence-corrected chi connectivity index (χ0v) is 22.8. The van der Waals surface area contributed by atoms with Gasteiger partial charge >= 0.3 is 5.97 Å². The van der Waals surface area contributed by atoms with E-state index in [0.29, 0.717) is 40.2 Å². The highest BCUT2D eigenvalue weighted by atomic mass is 32.2. The van der Waals surface area contributed by atoms with Crippen LogP contribution in [0.5, 0.6) is 5.75 Å². The molecule has 2 amide bonds. The number of likely N-dealkylation sites (N-methyl/N-ethyl adjacent to an activating group) is 1. The van der Waals surface area contributed by atoms with Gasteiger partial charge in [-0.1, -0.05) is 50.0 Å². The predicted octanol–water partition coefficient (Wildman–Crippen LogP) is 4.42. The van der Waals surface area contributed by atoms with Crippen molar-refractivity contribution < 1.29 is 23.9 Å². The van der Waals surface area contributed by atoms with Gasteiger partial charge in [0.1, 0.15) is 23.2 Å². The van der Waals surface area contributed by atoms with Crippen molar-refractivity contribution in [2.75, 3.05) is 44.7 Å². The van der Waals surface area contributed by atoms with Gasteiger partial charge < -0.3 is 19.7 Å². The maximum Gasteiger partial charge on any atom is 0.338 e. The minimum atomic E-state index is -0.415. The number of nitrogens with zero attached hydrogens (tertiary/aromatic N) is 2. The SMILES string of the molecule is CCOc1ccc(/C=C2\SC(=S)N(CC(=O)Nc3ccc(C(=O)OCCN(CC)CC)cc3)C2=O)cc1. The van der Waals surface area contributed by atoms with Crippen molar-refractivity contribution in [3.05, 3.63) is 64.6 Å². The molecule has 1 heterocycles. The number of carbonyl (C=O) groups excluding carboxylic acids is 3. The van der Waals surface area contributed by atoms with Crippen LogP contribution in [0.15, 0.2) is 53.4 Å². The molecule has 1 aliphatic heterocycles. The summed E-state index contributed by atoms with van der Waals surface area (Å²) in [6, 6.07) is 13.8. The lowest BCUT2D eigenvalue weighted by molar-refractivity contribution is -0.126. The van der Waals surface area contributed by atoms with Crippen LogP contribution in [0, 0.1) is 0 Å². The topological polar surface area (TPSA) is 88.2 Å². The van der Waals surface area contributed by atoms with E-state index in [-0.39, 0.29) is 12.5 Å². The normalized spacial score (nSPS) is 14.4. The van der Waals surface area contributed by atoms with Crippen LogP contribution in [0.25, 0.3) is 6.08 Å². The van der Waals surface area contributed by atoms with Crippen LogP contribution in [0.4, 0.5) is 5.69 Å². The number of rotatable bonds is 12. The molecule has 0 unspecified atom stereocenters. The molecule has 0 bridgehead atoms. The van der Waals surface area contributed by atoms with Crippen LogP contribution in [0.2, 0.25) is 0 Å². The number of hydrogen-bond donors (Lipinski definition) is 1. The van der Waals surface area contributed by atoms with Gasteiger partial charge in [0.15, 0.2) is 0 Å². The first-order valence-electron chi connectivity index (χ1n) is 12.1. The van der Waals surface area contributed by atoms with E-state index in [4.69, 9.17) is 21.7 Å². The van der Waals surface area contributed by atoms with Gasteiger partial charge in [-0.05, 0) is 68.1 Å². The Hall–Kier alpha value is -3.21. The minimum Gasteiger partial charge on any atom is -0.494 e. The van der Waals surface area contributed by atoms with Crippen LogP contribution in [-0.4, -0.2) is 71.3 Å². The molecule has 0 saturated carbocycles. The van der Waals surface area contributed by atoms with Crippen molar-refractivity contribution in [1.29, 1.82) is 0 Å². The molecule has 2 aromatic rings. The quantitative estimate of drug-likeness (QED) is 0.240. The molecule has 0 aliphatic carbocycles. The first kappa shape index (κ1) is 28.4. The van der Waals surface area contributed by atoms with Gasteiger partial charge in [0.2, 0.25) is 5.91 Å². The zero-order valence-electron chi connectivity index (χ0n) is 21.2. The van der Waals surface area contributed by atoms with E-state index in [1.807, 2.05) is 31.2 Å². The molecule has 1 fully saturated rings. The summed E-state index contributed by atoms with van der Waals surface area (Å²) in [4.78, 5) is 41.6. The number of benzene rings is 2. The molecular weight excluding hydrogens is 510 g/mol. The Balaban J connectivity index is 1.52. The molecule has 1 N–H and O–H groups in total. The first-order valence-corrected chi connectivity index (χ1v) is 13.3. The third-order valence-electron chi connectivity index (χ3n) is 5.60. The van der Waals surface area contributed by atoms with E-state index >= 15 is 0 Å². The van der Waals surface area contributed by atoms with Gasteiger partial charge in [0.25, 0.3) is 5.91 Å². The molecule has 8 nitrogen and oxygen atoms in total. The van der Waals surface area contributed by atoms with Gasteiger partial charge in [-0.15, -0.1) is 0 Å². The largest absolute Gasteiger partial charge is 0.494 e. The minimum absolute atomic E-state index is 0.208. The molecule has 10 heteroatoms. The Morgan fingerprint density at radius 2 is 1.73 bits per heavy atom. The summed E-state index contributed by atoms with van der Waals surface area (Å²) in [7, 11) is 0. The number of carbonyl (C=O) groups is 3. The van der Waals surface area contributed by atoms with E-state index in [2.05, 4.69) is 24.1 Å². The summed E-state index contributed by atoms with van der Waals surface area (Å²) in [6.45, 7) is 9.19. The fourth-order valence-electron chi connectivity index (χ4n) is 3.54. The standard InChI is InChI=1S/C27H31N3O5S2/c1-4-29(5-2)15-16-35-26(33)20-9-11-21(12-10-20)28-24(31)18-30-25(32)23(37-27(30)36)17-19-7-13-22(14-8-19)34-6-3/h7-14,17H,4-6,15-16,18H2,1-3H3,(H,28,31)/b23-17-. The second kappa shape index (κ2) is 13.9. The smallest absolute Gasteiger partial charge is 0.338 e. The highest BCUT2D eigenvalue weighted by Gasteiger charge is 2.33. The average molecular weight is 542 g/mol. The lowest BCUT2D eigenvalue weighted by Gasteiger charge is -2.17. The Bertz CT molecular complexity index is 1150. The maximum atomic E-state index is 12.9. The number of nitrogens with one attached hydrogen (secondary N) is 1. The zero-order chi connectivity index (χ0) is 26.8. The highest BCUT2D eigenvalue weighted by Crippen LogP contribution is 2.32. The third-order valence-corrected chi connectivity index (χ3v) is 6.98. The number of esters is 1. The van der Waals surface area contributed by atoms with Gasteiger partial charge in [-0.3, -0.25) is 14.5 Å². The summed E-state index contributed by atoms with van der Waals surface area (Å²) >= 11 is 6.49. The summed E-state index contributed by atoms with van der Waals surface area (Å²) in [5, 5.41) is 2.74. The molecule has 0 spiro atoms. The van der Waals surface area contributed by atoms with Gasteiger partial charge in [-0.25, -0.2) is 4.79 Å². The van der Waals surface area contributed by atoms with Crippen molar-refractivity contribution in [1.82, 2.24) is 9.80 Å². The molecular formula is C27H31N3O5S2. The molecule has 3 rings (SSSR count). The van der Waals surface area contributed by atoms with Crippen molar-refractivity contribution >= 4 is 57.8 Å².